The van der Waals surface area contributed by atoms with E-state index in [2.05, 4.69) is 20.5 Å². The average molecular weight is 248 g/mol. The largest absolute Gasteiger partial charge is 0.323 e. The van der Waals surface area contributed by atoms with Crippen LogP contribution in [0, 0.1) is 6.92 Å². The predicted molar refractivity (Wildman–Crippen MR) is 71.5 cm³/mol. The predicted octanol–water partition coefficient (Wildman–Crippen LogP) is 0.624. The van der Waals surface area contributed by atoms with Crippen LogP contribution in [0.1, 0.15) is 12.0 Å². The van der Waals surface area contributed by atoms with Crippen LogP contribution in [0.2, 0.25) is 0 Å². The molecule has 0 aromatic carbocycles. The molecule has 0 spiro atoms. The fraction of sp³-hybridized carbons (Fsp3) is 0.538. The smallest absolute Gasteiger partial charge is 0.238 e. The Labute approximate surface area is 108 Å². The quantitative estimate of drug-likeness (QED) is 0.823. The van der Waals surface area contributed by atoms with Crippen molar-refractivity contribution in [1.29, 1.82) is 0 Å². The van der Waals surface area contributed by atoms with Gasteiger partial charge in [-0.25, -0.2) is 0 Å². The maximum absolute atomic E-state index is 11.9. The number of carbonyl (C=O) groups excluding carboxylic acids is 1. The first-order chi connectivity index (χ1) is 8.75. The van der Waals surface area contributed by atoms with Gasteiger partial charge in [-0.1, -0.05) is 0 Å². The molecular formula is C13H20N4O. The molecule has 0 unspecified atom stereocenters. The number of nitrogens with one attached hydrogen (secondary N) is 2. The summed E-state index contributed by atoms with van der Waals surface area (Å²) in [6.07, 6.45) is 4.52. The summed E-state index contributed by atoms with van der Waals surface area (Å²) < 4.78 is 0. The molecule has 2 N–H and O–H groups in total. The molecule has 1 fully saturated rings. The number of hydrogen-bond acceptors (Lipinski definition) is 4. The van der Waals surface area contributed by atoms with Crippen LogP contribution in [0.5, 0.6) is 0 Å². The average Bonchev–Trinajstić information content (AvgIpc) is 2.61. The number of aromatic nitrogens is 1. The van der Waals surface area contributed by atoms with E-state index in [1.165, 1.54) is 0 Å². The highest BCUT2D eigenvalue weighted by molar-refractivity contribution is 5.92. The molecule has 0 radical (unpaired) electrons. The monoisotopic (exact) mass is 248 g/mol. The number of amides is 1. The number of pyridine rings is 1. The second-order valence-electron chi connectivity index (χ2n) is 4.62. The Kier molecular flexibility index (Phi) is 4.66. The van der Waals surface area contributed by atoms with Gasteiger partial charge in [0, 0.05) is 19.3 Å². The molecule has 98 valence electrons. The lowest BCUT2D eigenvalue weighted by Gasteiger charge is -2.18. The van der Waals surface area contributed by atoms with Gasteiger partial charge in [-0.15, -0.1) is 0 Å². The number of anilines is 1. The number of carbonyl (C=O) groups is 1. The van der Waals surface area contributed by atoms with Crippen molar-refractivity contribution in [1.82, 2.24) is 15.2 Å². The minimum absolute atomic E-state index is 0.0352. The molecule has 18 heavy (non-hydrogen) atoms. The Morgan fingerprint density at radius 3 is 3.22 bits per heavy atom. The summed E-state index contributed by atoms with van der Waals surface area (Å²) in [7, 11) is 0. The molecule has 2 heterocycles. The summed E-state index contributed by atoms with van der Waals surface area (Å²) in [5, 5.41) is 6.24. The van der Waals surface area contributed by atoms with E-state index in [9.17, 15) is 4.79 Å². The maximum Gasteiger partial charge on any atom is 0.238 e. The van der Waals surface area contributed by atoms with E-state index in [4.69, 9.17) is 0 Å². The fourth-order valence-electron chi connectivity index (χ4n) is 2.05. The molecule has 5 nitrogen and oxygen atoms in total. The van der Waals surface area contributed by atoms with Crippen molar-refractivity contribution in [3.8, 4) is 0 Å². The van der Waals surface area contributed by atoms with E-state index in [-0.39, 0.29) is 5.91 Å². The lowest BCUT2D eigenvalue weighted by atomic mass is 10.2. The van der Waals surface area contributed by atoms with Crippen LogP contribution >= 0.6 is 0 Å². The maximum atomic E-state index is 11.9. The summed E-state index contributed by atoms with van der Waals surface area (Å²) >= 11 is 0. The van der Waals surface area contributed by atoms with Crippen molar-refractivity contribution in [3.05, 3.63) is 24.0 Å². The molecule has 0 atom stereocenters. The number of rotatable bonds is 3. The van der Waals surface area contributed by atoms with Crippen molar-refractivity contribution in [2.75, 3.05) is 38.0 Å². The lowest BCUT2D eigenvalue weighted by Crippen LogP contribution is -2.35. The van der Waals surface area contributed by atoms with Gasteiger partial charge in [0.1, 0.15) is 0 Å². The van der Waals surface area contributed by atoms with Gasteiger partial charge in [0.25, 0.3) is 0 Å². The third-order valence-corrected chi connectivity index (χ3v) is 3.11. The molecule has 0 saturated carbocycles. The number of aryl methyl sites for hydroxylation is 1. The molecule has 1 saturated heterocycles. The van der Waals surface area contributed by atoms with Gasteiger partial charge in [-0.3, -0.25) is 14.7 Å². The first-order valence-electron chi connectivity index (χ1n) is 6.39. The molecule has 0 bridgehead atoms. The SMILES string of the molecule is Cc1ccncc1NC(=O)CN1CCCNCC1. The number of nitrogens with zero attached hydrogens (tertiary/aromatic N) is 2. The van der Waals surface area contributed by atoms with E-state index >= 15 is 0 Å². The van der Waals surface area contributed by atoms with E-state index in [0.29, 0.717) is 6.54 Å². The van der Waals surface area contributed by atoms with Gasteiger partial charge in [0.15, 0.2) is 0 Å². The van der Waals surface area contributed by atoms with Crippen molar-refractivity contribution < 1.29 is 4.79 Å². The zero-order valence-electron chi connectivity index (χ0n) is 10.8. The second kappa shape index (κ2) is 6.47. The normalized spacial score (nSPS) is 17.2. The van der Waals surface area contributed by atoms with Crippen molar-refractivity contribution in [2.24, 2.45) is 0 Å². The zero-order chi connectivity index (χ0) is 12.8. The van der Waals surface area contributed by atoms with E-state index < -0.39 is 0 Å². The van der Waals surface area contributed by atoms with Gasteiger partial charge in [-0.2, -0.15) is 0 Å². The minimum Gasteiger partial charge on any atom is -0.323 e. The third-order valence-electron chi connectivity index (χ3n) is 3.11. The van der Waals surface area contributed by atoms with Crippen LogP contribution in [-0.2, 0) is 4.79 Å². The topological polar surface area (TPSA) is 57.3 Å². The molecule has 1 aromatic rings. The van der Waals surface area contributed by atoms with Crippen LogP contribution in [-0.4, -0.2) is 48.5 Å². The van der Waals surface area contributed by atoms with E-state index in [1.54, 1.807) is 12.4 Å². The number of hydrogen-bond donors (Lipinski definition) is 2. The Balaban J connectivity index is 1.86. The first kappa shape index (κ1) is 13.0. The Bertz CT molecular complexity index is 400. The van der Waals surface area contributed by atoms with Gasteiger partial charge < -0.3 is 10.6 Å². The molecule has 0 aliphatic carbocycles. The van der Waals surface area contributed by atoms with E-state index in [1.807, 2.05) is 13.0 Å². The van der Waals surface area contributed by atoms with Crippen molar-refractivity contribution in [2.45, 2.75) is 13.3 Å². The minimum atomic E-state index is 0.0352. The molecule has 5 heteroatoms. The summed E-state index contributed by atoms with van der Waals surface area (Å²) in [4.78, 5) is 18.1. The Hall–Kier alpha value is -1.46. The van der Waals surface area contributed by atoms with Crippen LogP contribution in [0.15, 0.2) is 18.5 Å². The molecule has 1 aliphatic rings. The first-order valence-corrected chi connectivity index (χ1v) is 6.39. The third kappa shape index (κ3) is 3.78. The summed E-state index contributed by atoms with van der Waals surface area (Å²) in [5.74, 6) is 0.0352. The molecule has 1 amide bonds. The van der Waals surface area contributed by atoms with Crippen molar-refractivity contribution in [3.63, 3.8) is 0 Å². The molecular weight excluding hydrogens is 228 g/mol. The lowest BCUT2D eigenvalue weighted by molar-refractivity contribution is -0.117. The van der Waals surface area contributed by atoms with Gasteiger partial charge in [0.05, 0.1) is 18.4 Å². The second-order valence-corrected chi connectivity index (χ2v) is 4.62. The van der Waals surface area contributed by atoms with Gasteiger partial charge in [0.2, 0.25) is 5.91 Å². The summed E-state index contributed by atoms with van der Waals surface area (Å²) in [5.41, 5.74) is 1.84. The van der Waals surface area contributed by atoms with Gasteiger partial charge in [-0.05, 0) is 38.1 Å². The van der Waals surface area contributed by atoms with Crippen LogP contribution in [0.3, 0.4) is 0 Å². The molecule has 1 aliphatic heterocycles. The highest BCUT2D eigenvalue weighted by atomic mass is 16.2. The highest BCUT2D eigenvalue weighted by Crippen LogP contribution is 2.11. The van der Waals surface area contributed by atoms with Crippen LogP contribution in [0.4, 0.5) is 5.69 Å². The highest BCUT2D eigenvalue weighted by Gasteiger charge is 2.13. The summed E-state index contributed by atoms with van der Waals surface area (Å²) in [6, 6.07) is 1.89. The van der Waals surface area contributed by atoms with Crippen LogP contribution in [0.25, 0.3) is 0 Å². The summed E-state index contributed by atoms with van der Waals surface area (Å²) in [6.45, 7) is 6.33. The molecule has 2 rings (SSSR count). The van der Waals surface area contributed by atoms with Crippen LogP contribution < -0.4 is 10.6 Å². The molecule has 1 aromatic heterocycles. The Morgan fingerprint density at radius 2 is 2.39 bits per heavy atom. The van der Waals surface area contributed by atoms with E-state index in [0.717, 1.165) is 43.9 Å². The zero-order valence-corrected chi connectivity index (χ0v) is 10.8. The standard InChI is InChI=1S/C13H20N4O/c1-11-3-5-15-9-12(11)16-13(18)10-17-7-2-4-14-6-8-17/h3,5,9,14H,2,4,6-8,10H2,1H3,(H,16,18). The fourth-order valence-corrected chi connectivity index (χ4v) is 2.05. The van der Waals surface area contributed by atoms with Gasteiger partial charge >= 0.3 is 0 Å². The van der Waals surface area contributed by atoms with Crippen molar-refractivity contribution >= 4 is 11.6 Å². The Morgan fingerprint density at radius 1 is 1.50 bits per heavy atom.